The quantitative estimate of drug-likeness (QED) is 0.830. The van der Waals surface area contributed by atoms with Crippen LogP contribution >= 0.6 is 0 Å². The molecule has 27 heavy (non-hydrogen) atoms. The summed E-state index contributed by atoms with van der Waals surface area (Å²) in [6.45, 7) is 0.369. The molecule has 1 saturated heterocycles. The van der Waals surface area contributed by atoms with Crippen LogP contribution < -0.4 is 5.32 Å². The number of carbonyl (C=O) groups is 2. The fourth-order valence-electron chi connectivity index (χ4n) is 4.81. The third kappa shape index (κ3) is 1.92. The van der Waals surface area contributed by atoms with E-state index in [0.717, 1.165) is 5.56 Å². The van der Waals surface area contributed by atoms with E-state index in [2.05, 4.69) is 11.4 Å². The van der Waals surface area contributed by atoms with Crippen molar-refractivity contribution in [2.75, 3.05) is 26.0 Å². The molecule has 3 atom stereocenters. The second-order valence-corrected chi connectivity index (χ2v) is 6.97. The number of amides is 1. The van der Waals surface area contributed by atoms with Crippen molar-refractivity contribution >= 4 is 17.6 Å². The highest BCUT2D eigenvalue weighted by Gasteiger charge is 2.75. The second kappa shape index (κ2) is 5.93. The van der Waals surface area contributed by atoms with Gasteiger partial charge in [-0.2, -0.15) is 5.26 Å². The Hall–Kier alpha value is -3.17. The Kier molecular flexibility index (Phi) is 3.79. The van der Waals surface area contributed by atoms with Gasteiger partial charge in [0.15, 0.2) is 11.0 Å². The maximum Gasteiger partial charge on any atom is 0.329 e. The number of nitriles is 1. The van der Waals surface area contributed by atoms with Gasteiger partial charge < -0.3 is 10.1 Å². The highest BCUT2D eigenvalue weighted by atomic mass is 16.5. The molecule has 1 amide bonds. The monoisotopic (exact) mass is 361 g/mol. The smallest absolute Gasteiger partial charge is 0.329 e. The van der Waals surface area contributed by atoms with Crippen molar-refractivity contribution in [2.24, 2.45) is 5.41 Å². The summed E-state index contributed by atoms with van der Waals surface area (Å²) in [6, 6.07) is 18.8. The van der Waals surface area contributed by atoms with Crippen LogP contribution in [-0.2, 0) is 19.9 Å². The molecule has 0 unspecified atom stereocenters. The van der Waals surface area contributed by atoms with E-state index in [0.29, 0.717) is 17.8 Å². The minimum Gasteiger partial charge on any atom is -0.468 e. The molecule has 0 bridgehead atoms. The van der Waals surface area contributed by atoms with Crippen molar-refractivity contribution in [3.63, 3.8) is 0 Å². The van der Waals surface area contributed by atoms with E-state index >= 15 is 0 Å². The Labute approximate surface area is 157 Å². The van der Waals surface area contributed by atoms with Crippen LogP contribution in [0.4, 0.5) is 5.69 Å². The summed E-state index contributed by atoms with van der Waals surface area (Å²) >= 11 is 0. The lowest BCUT2D eigenvalue weighted by molar-refractivity contribution is -0.158. The Balaban J connectivity index is 2.06. The second-order valence-electron chi connectivity index (χ2n) is 6.97. The first-order valence-corrected chi connectivity index (χ1v) is 8.70. The SMILES string of the molecule is COC(=O)[C@]1(C#N)[C@@H](c2ccccc2)CN(C)[C@@]12C(=O)Nc1ccccc12. The topological polar surface area (TPSA) is 82.4 Å². The highest BCUT2D eigenvalue weighted by molar-refractivity contribution is 6.11. The van der Waals surface area contributed by atoms with Gasteiger partial charge >= 0.3 is 5.97 Å². The van der Waals surface area contributed by atoms with Crippen LogP contribution in [0.25, 0.3) is 0 Å². The van der Waals surface area contributed by atoms with Gasteiger partial charge in [-0.25, -0.2) is 0 Å². The van der Waals surface area contributed by atoms with Crippen molar-refractivity contribution in [3.05, 3.63) is 65.7 Å². The van der Waals surface area contributed by atoms with E-state index in [1.165, 1.54) is 7.11 Å². The van der Waals surface area contributed by atoms with Gasteiger partial charge in [0.2, 0.25) is 0 Å². The molecule has 0 saturated carbocycles. The van der Waals surface area contributed by atoms with Crippen LogP contribution in [0.2, 0.25) is 0 Å². The molecule has 6 nitrogen and oxygen atoms in total. The van der Waals surface area contributed by atoms with Gasteiger partial charge in [0, 0.05) is 23.7 Å². The van der Waals surface area contributed by atoms with Crippen LogP contribution in [-0.4, -0.2) is 37.5 Å². The molecule has 2 aliphatic rings. The number of para-hydroxylation sites is 1. The number of methoxy groups -OCH3 is 1. The predicted octanol–water partition coefficient (Wildman–Crippen LogP) is 2.25. The Morgan fingerprint density at radius 1 is 1.22 bits per heavy atom. The number of benzene rings is 2. The number of nitrogens with zero attached hydrogens (tertiary/aromatic N) is 2. The lowest BCUT2D eigenvalue weighted by atomic mass is 9.61. The van der Waals surface area contributed by atoms with Crippen molar-refractivity contribution < 1.29 is 14.3 Å². The molecule has 1 spiro atoms. The summed E-state index contributed by atoms with van der Waals surface area (Å²) in [6.07, 6.45) is 0. The number of carbonyl (C=O) groups excluding carboxylic acids is 2. The van der Waals surface area contributed by atoms with E-state index in [9.17, 15) is 14.9 Å². The van der Waals surface area contributed by atoms with E-state index in [1.54, 1.807) is 19.2 Å². The average molecular weight is 361 g/mol. The fourth-order valence-corrected chi connectivity index (χ4v) is 4.81. The number of rotatable bonds is 2. The molecule has 0 radical (unpaired) electrons. The number of anilines is 1. The number of fused-ring (bicyclic) bond motifs is 2. The summed E-state index contributed by atoms with van der Waals surface area (Å²) in [5, 5.41) is 13.2. The third-order valence-corrected chi connectivity index (χ3v) is 5.90. The Bertz CT molecular complexity index is 968. The van der Waals surface area contributed by atoms with Crippen LogP contribution in [0.15, 0.2) is 54.6 Å². The molecule has 6 heteroatoms. The fraction of sp³-hybridized carbons (Fsp3) is 0.286. The molecule has 1 fully saturated rings. The van der Waals surface area contributed by atoms with Crippen molar-refractivity contribution in [2.45, 2.75) is 11.5 Å². The Morgan fingerprint density at radius 3 is 2.56 bits per heavy atom. The number of likely N-dealkylation sites (tertiary alicyclic amines) is 1. The van der Waals surface area contributed by atoms with Crippen LogP contribution in [0.1, 0.15) is 17.0 Å². The molecule has 4 rings (SSSR count). The first kappa shape index (κ1) is 17.3. The number of hydrogen-bond donors (Lipinski definition) is 1. The van der Waals surface area contributed by atoms with Crippen LogP contribution in [0, 0.1) is 16.7 Å². The van der Waals surface area contributed by atoms with Gasteiger partial charge in [-0.05, 0) is 18.7 Å². The maximum atomic E-state index is 13.3. The van der Waals surface area contributed by atoms with E-state index in [1.807, 2.05) is 47.4 Å². The Morgan fingerprint density at radius 2 is 1.89 bits per heavy atom. The highest BCUT2D eigenvalue weighted by Crippen LogP contribution is 2.62. The molecular formula is C21H19N3O3. The number of likely N-dealkylation sites (N-methyl/N-ethyl adjacent to an activating group) is 1. The van der Waals surface area contributed by atoms with Crippen LogP contribution in [0.5, 0.6) is 0 Å². The molecule has 0 aliphatic carbocycles. The molecular weight excluding hydrogens is 342 g/mol. The minimum atomic E-state index is -1.71. The largest absolute Gasteiger partial charge is 0.468 e. The summed E-state index contributed by atoms with van der Waals surface area (Å²) in [7, 11) is 3.04. The number of nitrogens with one attached hydrogen (secondary N) is 1. The number of esters is 1. The summed E-state index contributed by atoms with van der Waals surface area (Å²) in [5.41, 5.74) is -1.10. The van der Waals surface area contributed by atoms with E-state index in [-0.39, 0.29) is 5.91 Å². The molecule has 2 aliphatic heterocycles. The molecule has 136 valence electrons. The summed E-state index contributed by atoms with van der Waals surface area (Å²) in [4.78, 5) is 28.3. The molecule has 2 aromatic rings. The first-order chi connectivity index (χ1) is 13.0. The lowest BCUT2D eigenvalue weighted by Crippen LogP contribution is -2.58. The maximum absolute atomic E-state index is 13.3. The van der Waals surface area contributed by atoms with Gasteiger partial charge in [-0.1, -0.05) is 48.5 Å². The average Bonchev–Trinajstić information content (AvgIpc) is 3.16. The van der Waals surface area contributed by atoms with Gasteiger partial charge in [-0.15, -0.1) is 0 Å². The van der Waals surface area contributed by atoms with E-state index in [4.69, 9.17) is 4.74 Å². The molecule has 0 aromatic heterocycles. The normalized spacial score (nSPS) is 29.2. The van der Waals surface area contributed by atoms with Crippen molar-refractivity contribution in [1.82, 2.24) is 4.90 Å². The zero-order valence-electron chi connectivity index (χ0n) is 15.1. The molecule has 1 N–H and O–H groups in total. The standard InChI is InChI=1S/C21H19N3O3/c1-24-12-16(14-8-4-3-5-9-14)20(13-22,19(26)27-2)21(24)15-10-6-7-11-17(15)23-18(21)25/h3-11,16H,12H2,1-2H3,(H,23,25)/t16-,20+,21+/m1/s1. The first-order valence-electron chi connectivity index (χ1n) is 8.70. The lowest BCUT2D eigenvalue weighted by Gasteiger charge is -2.39. The zero-order chi connectivity index (χ0) is 19.2. The summed E-state index contributed by atoms with van der Waals surface area (Å²) < 4.78 is 5.11. The van der Waals surface area contributed by atoms with Crippen molar-refractivity contribution in [3.8, 4) is 6.07 Å². The predicted molar refractivity (Wildman–Crippen MR) is 98.6 cm³/mol. The minimum absolute atomic E-state index is 0.369. The van der Waals surface area contributed by atoms with Crippen LogP contribution in [0.3, 0.4) is 0 Å². The number of ether oxygens (including phenoxy) is 1. The van der Waals surface area contributed by atoms with E-state index < -0.39 is 22.8 Å². The molecule has 2 aromatic carbocycles. The third-order valence-electron chi connectivity index (χ3n) is 5.90. The molecule has 2 heterocycles. The van der Waals surface area contributed by atoms with Crippen molar-refractivity contribution in [1.29, 1.82) is 5.26 Å². The van der Waals surface area contributed by atoms with Gasteiger partial charge in [-0.3, -0.25) is 14.5 Å². The van der Waals surface area contributed by atoms with Gasteiger partial charge in [0.25, 0.3) is 5.91 Å². The summed E-state index contributed by atoms with van der Waals surface area (Å²) in [5.74, 6) is -1.59. The van der Waals surface area contributed by atoms with Gasteiger partial charge in [0.1, 0.15) is 0 Å². The van der Waals surface area contributed by atoms with Gasteiger partial charge in [0.05, 0.1) is 13.2 Å². The zero-order valence-corrected chi connectivity index (χ0v) is 15.1. The number of hydrogen-bond acceptors (Lipinski definition) is 5.